The maximum absolute atomic E-state index is 14.8. The zero-order valence-electron chi connectivity index (χ0n) is 32.1. The van der Waals surface area contributed by atoms with Crippen molar-refractivity contribution in [3.05, 3.63) is 71.4 Å². The van der Waals surface area contributed by atoms with E-state index in [9.17, 15) is 23.2 Å². The highest BCUT2D eigenvalue weighted by molar-refractivity contribution is 5.86. The number of H-pyrrole nitrogens is 2. The fourth-order valence-electron chi connectivity index (χ4n) is 7.10. The molecule has 4 aromatic rings. The molecule has 2 aromatic carbocycles. The number of ether oxygens (including phenoxy) is 1. The van der Waals surface area contributed by atoms with Gasteiger partial charge in [-0.3, -0.25) is 9.59 Å². The van der Waals surface area contributed by atoms with Crippen LogP contribution in [0.2, 0.25) is 0 Å². The number of methoxy groups -OCH3 is 1. The van der Waals surface area contributed by atoms with Gasteiger partial charge in [-0.05, 0) is 55.0 Å². The zero-order chi connectivity index (χ0) is 40.1. The number of amides is 3. The number of likely N-dealkylation sites (tertiary alicyclic amines) is 2. The average Bonchev–Trinajstić information content (AvgIpc) is 3.99. The molecule has 2 aliphatic heterocycles. The number of rotatable bonds is 11. The van der Waals surface area contributed by atoms with Crippen LogP contribution < -0.4 is 5.32 Å². The molecule has 6 rings (SSSR count). The summed E-state index contributed by atoms with van der Waals surface area (Å²) in [5.74, 6) is 3.02. The minimum atomic E-state index is -3.10. The Morgan fingerprint density at radius 1 is 0.964 bits per heavy atom. The highest BCUT2D eigenvalue weighted by Gasteiger charge is 2.50. The number of hydrogen-bond donors (Lipinski definition) is 3. The Hall–Kier alpha value is -5.82. The first-order valence-corrected chi connectivity index (χ1v) is 18.5. The van der Waals surface area contributed by atoms with Gasteiger partial charge in [0, 0.05) is 35.9 Å². The predicted molar refractivity (Wildman–Crippen MR) is 203 cm³/mol. The number of carbonyl (C=O) groups excluding carboxylic acids is 3. The summed E-state index contributed by atoms with van der Waals surface area (Å²) in [5, 5.41) is 2.67. The lowest BCUT2D eigenvalue weighted by Crippen LogP contribution is -2.51. The lowest BCUT2D eigenvalue weighted by molar-refractivity contribution is -0.188. The van der Waals surface area contributed by atoms with E-state index in [0.29, 0.717) is 29.0 Å². The summed E-state index contributed by atoms with van der Waals surface area (Å²) in [6.45, 7) is 7.12. The molecule has 0 spiro atoms. The summed E-state index contributed by atoms with van der Waals surface area (Å²) in [6.07, 6.45) is 3.15. The topological polar surface area (TPSA) is 167 Å². The molecule has 4 heterocycles. The maximum atomic E-state index is 14.8. The van der Waals surface area contributed by atoms with Crippen LogP contribution in [0, 0.1) is 23.7 Å². The fourth-order valence-corrected chi connectivity index (χ4v) is 7.10. The summed E-state index contributed by atoms with van der Waals surface area (Å²) >= 11 is 0. The van der Waals surface area contributed by atoms with Gasteiger partial charge >= 0.3 is 6.09 Å². The molecule has 4 atom stereocenters. The van der Waals surface area contributed by atoms with Crippen molar-refractivity contribution in [1.82, 2.24) is 35.1 Å². The molecule has 56 heavy (non-hydrogen) atoms. The molecule has 2 aliphatic rings. The standard InChI is InChI=1S/C40H46F2N8O6/c1-23(2)33(44-22-56-55-6)37(51)50-21-40(41,42)19-32(50)36-45-28-16-13-26(18-29(28)46-36)10-9-25-11-14-27(15-12-25)30-20-43-35(47-30)31-8-7-17-49(31)38(52)34(24(3)4)48-39(53)54-5/h11-16,18,20,22-24,31-34H,7-8,17,19,21H2,1-6H3,(H,43,47)(H,45,46)(H,48,53)/b44-22+/t31-,32-,33-,34-/m0/s1. The van der Waals surface area contributed by atoms with Gasteiger partial charge in [0.05, 0.1) is 49.6 Å². The van der Waals surface area contributed by atoms with Gasteiger partial charge in [-0.25, -0.2) is 28.5 Å². The van der Waals surface area contributed by atoms with Gasteiger partial charge in [0.15, 0.2) is 0 Å². The number of hydrogen-bond acceptors (Lipinski definition) is 9. The Bertz CT molecular complexity index is 2140. The van der Waals surface area contributed by atoms with E-state index in [4.69, 9.17) is 9.72 Å². The molecule has 0 radical (unpaired) electrons. The van der Waals surface area contributed by atoms with Crippen LogP contribution in [0.3, 0.4) is 0 Å². The van der Waals surface area contributed by atoms with Crippen LogP contribution in [-0.4, -0.2) is 99.4 Å². The van der Waals surface area contributed by atoms with Crippen LogP contribution >= 0.6 is 0 Å². The van der Waals surface area contributed by atoms with Crippen molar-refractivity contribution in [1.29, 1.82) is 0 Å². The van der Waals surface area contributed by atoms with E-state index >= 15 is 0 Å². The number of nitrogens with one attached hydrogen (secondary N) is 3. The number of nitrogens with zero attached hydrogens (tertiary/aromatic N) is 5. The summed E-state index contributed by atoms with van der Waals surface area (Å²) in [4.78, 5) is 71.0. The van der Waals surface area contributed by atoms with Crippen molar-refractivity contribution in [2.75, 3.05) is 27.3 Å². The number of alkyl halides is 2. The molecule has 0 aliphatic carbocycles. The van der Waals surface area contributed by atoms with Crippen LogP contribution in [0.1, 0.15) is 81.8 Å². The molecule has 0 unspecified atom stereocenters. The normalized spacial score (nSPS) is 19.0. The Morgan fingerprint density at radius 2 is 1.70 bits per heavy atom. The Balaban J connectivity index is 1.14. The number of alkyl carbamates (subject to hydrolysis) is 1. The molecular formula is C40H46F2N8O6. The van der Waals surface area contributed by atoms with E-state index in [0.717, 1.165) is 41.0 Å². The highest BCUT2D eigenvalue weighted by Crippen LogP contribution is 2.41. The smallest absolute Gasteiger partial charge is 0.407 e. The van der Waals surface area contributed by atoms with Gasteiger partial charge in [0.25, 0.3) is 5.92 Å². The van der Waals surface area contributed by atoms with Crippen molar-refractivity contribution in [3.8, 4) is 23.1 Å². The zero-order valence-corrected chi connectivity index (χ0v) is 32.1. The Labute approximate surface area is 323 Å². The second-order valence-electron chi connectivity index (χ2n) is 14.6. The number of carbonyl (C=O) groups is 3. The summed E-state index contributed by atoms with van der Waals surface area (Å²) in [5.41, 5.74) is 4.19. The van der Waals surface area contributed by atoms with Crippen molar-refractivity contribution in [2.24, 2.45) is 16.8 Å². The molecular weight excluding hydrogens is 726 g/mol. The van der Waals surface area contributed by atoms with E-state index in [1.54, 1.807) is 30.9 Å². The van der Waals surface area contributed by atoms with Crippen LogP contribution in [-0.2, 0) is 24.1 Å². The third kappa shape index (κ3) is 8.83. The molecule has 3 amide bonds. The minimum Gasteiger partial charge on any atom is -0.453 e. The number of benzene rings is 2. The summed E-state index contributed by atoms with van der Waals surface area (Å²) in [7, 11) is 2.56. The number of halogens is 2. The summed E-state index contributed by atoms with van der Waals surface area (Å²) < 4.78 is 34.3. The number of fused-ring (bicyclic) bond motifs is 1. The molecule has 296 valence electrons. The quantitative estimate of drug-likeness (QED) is 0.0554. The molecule has 2 saturated heterocycles. The van der Waals surface area contributed by atoms with Crippen LogP contribution in [0.4, 0.5) is 13.6 Å². The van der Waals surface area contributed by atoms with E-state index in [1.807, 2.05) is 50.4 Å². The van der Waals surface area contributed by atoms with Gasteiger partial charge in [-0.15, -0.1) is 0 Å². The first-order valence-electron chi connectivity index (χ1n) is 18.5. The molecule has 2 fully saturated rings. The second kappa shape index (κ2) is 16.9. The first-order chi connectivity index (χ1) is 26.8. The average molecular weight is 773 g/mol. The Morgan fingerprint density at radius 3 is 2.39 bits per heavy atom. The lowest BCUT2D eigenvalue weighted by atomic mass is 10.0. The maximum Gasteiger partial charge on any atom is 0.407 e. The van der Waals surface area contributed by atoms with Gasteiger partial charge in [0.1, 0.15) is 23.7 Å². The molecule has 14 nitrogen and oxygen atoms in total. The number of aliphatic imine (C=N–C) groups is 1. The van der Waals surface area contributed by atoms with E-state index in [2.05, 4.69) is 46.9 Å². The lowest BCUT2D eigenvalue weighted by Gasteiger charge is -2.29. The monoisotopic (exact) mass is 772 g/mol. The largest absolute Gasteiger partial charge is 0.453 e. The van der Waals surface area contributed by atoms with Crippen molar-refractivity contribution in [2.45, 2.75) is 77.0 Å². The SMILES string of the molecule is COO/C=N/[C@H](C(=O)N1CC(F)(F)C[C@H]1c1nc2cc(C#Cc3ccc(-c4c[nH]c([C@@H]5CCCN5C(=O)[C@@H](NC(=O)OC)C(C)C)n4)cc3)ccc2[nH]1)C(C)C. The van der Waals surface area contributed by atoms with Crippen LogP contribution in [0.5, 0.6) is 0 Å². The van der Waals surface area contributed by atoms with Crippen molar-refractivity contribution < 1.29 is 37.7 Å². The number of aromatic nitrogens is 4. The van der Waals surface area contributed by atoms with Crippen LogP contribution in [0.15, 0.2) is 53.7 Å². The van der Waals surface area contributed by atoms with Crippen LogP contribution in [0.25, 0.3) is 22.3 Å². The van der Waals surface area contributed by atoms with Crippen molar-refractivity contribution >= 4 is 35.3 Å². The predicted octanol–water partition coefficient (Wildman–Crippen LogP) is 5.94. The number of aromatic amines is 2. The summed E-state index contributed by atoms with van der Waals surface area (Å²) in [6, 6.07) is 10.1. The van der Waals surface area contributed by atoms with E-state index in [1.165, 1.54) is 14.2 Å². The minimum absolute atomic E-state index is 0.130. The third-order valence-corrected chi connectivity index (χ3v) is 9.99. The molecule has 0 saturated carbocycles. The number of imidazole rings is 2. The first kappa shape index (κ1) is 39.9. The molecule has 3 N–H and O–H groups in total. The molecule has 16 heteroatoms. The molecule has 2 aromatic heterocycles. The van der Waals surface area contributed by atoms with E-state index < -0.39 is 49.0 Å². The highest BCUT2D eigenvalue weighted by atomic mass is 19.3. The van der Waals surface area contributed by atoms with Gasteiger partial charge in [-0.2, -0.15) is 4.89 Å². The molecule has 0 bridgehead atoms. The third-order valence-electron chi connectivity index (χ3n) is 9.99. The fraction of sp³-hybridized carbons (Fsp3) is 0.450. The van der Waals surface area contributed by atoms with Crippen molar-refractivity contribution in [3.63, 3.8) is 0 Å². The van der Waals surface area contributed by atoms with Gasteiger partial charge < -0.3 is 34.7 Å². The second-order valence-corrected chi connectivity index (χ2v) is 14.6. The van der Waals surface area contributed by atoms with Gasteiger partial charge in [-0.1, -0.05) is 51.7 Å². The van der Waals surface area contributed by atoms with E-state index in [-0.39, 0.29) is 29.6 Å². The Kier molecular flexibility index (Phi) is 12.0. The van der Waals surface area contributed by atoms with Gasteiger partial charge in [0.2, 0.25) is 18.2 Å².